The number of carbonyl (C=O) groups is 3. The summed E-state index contributed by atoms with van der Waals surface area (Å²) in [6.07, 6.45) is 90.2. The third-order valence-corrected chi connectivity index (χ3v) is 16.6. The monoisotopic (exact) mass is 1150 g/mol. The van der Waals surface area contributed by atoms with E-state index in [4.69, 9.17) is 14.2 Å². The summed E-state index contributed by atoms with van der Waals surface area (Å²) >= 11 is 0. The summed E-state index contributed by atoms with van der Waals surface area (Å²) in [7, 11) is 0. The zero-order valence-electron chi connectivity index (χ0n) is 55.3. The lowest BCUT2D eigenvalue weighted by atomic mass is 10.0. The molecule has 0 N–H and O–H groups in total. The molecule has 0 saturated carbocycles. The van der Waals surface area contributed by atoms with Gasteiger partial charge < -0.3 is 14.2 Å². The molecule has 0 aromatic rings. The highest BCUT2D eigenvalue weighted by Crippen LogP contribution is 2.19. The lowest BCUT2D eigenvalue weighted by molar-refractivity contribution is -0.167. The van der Waals surface area contributed by atoms with Crippen LogP contribution >= 0.6 is 0 Å². The maximum absolute atomic E-state index is 13.0. The Balaban J connectivity index is 4.17. The highest BCUT2D eigenvalue weighted by molar-refractivity contribution is 5.71. The number of hydrogen-bond acceptors (Lipinski definition) is 6. The minimum atomic E-state index is -0.776. The van der Waals surface area contributed by atoms with Gasteiger partial charge in [-0.2, -0.15) is 0 Å². The molecule has 0 radical (unpaired) electrons. The van der Waals surface area contributed by atoms with Crippen LogP contribution in [0.15, 0.2) is 48.6 Å². The average Bonchev–Trinajstić information content (AvgIpc) is 3.47. The Labute approximate surface area is 511 Å². The second kappa shape index (κ2) is 70.9. The molecule has 6 nitrogen and oxygen atoms in total. The lowest BCUT2D eigenvalue weighted by Crippen LogP contribution is -2.30. The van der Waals surface area contributed by atoms with Gasteiger partial charge in [0.25, 0.3) is 0 Å². The number of rotatable bonds is 68. The van der Waals surface area contributed by atoms with Gasteiger partial charge in [0, 0.05) is 19.3 Å². The van der Waals surface area contributed by atoms with Crippen molar-refractivity contribution in [3.8, 4) is 0 Å². The van der Waals surface area contributed by atoms with E-state index < -0.39 is 6.10 Å². The number of hydrogen-bond donors (Lipinski definition) is 0. The van der Waals surface area contributed by atoms with Gasteiger partial charge in [0.05, 0.1) is 0 Å². The van der Waals surface area contributed by atoms with E-state index in [2.05, 4.69) is 69.4 Å². The van der Waals surface area contributed by atoms with Crippen LogP contribution in [-0.4, -0.2) is 37.2 Å². The van der Waals surface area contributed by atoms with Crippen LogP contribution in [0.5, 0.6) is 0 Å². The highest BCUT2D eigenvalue weighted by Gasteiger charge is 2.19. The van der Waals surface area contributed by atoms with Gasteiger partial charge >= 0.3 is 17.9 Å². The van der Waals surface area contributed by atoms with Crippen molar-refractivity contribution in [1.82, 2.24) is 0 Å². The molecular weight excluding hydrogens is 1010 g/mol. The first-order valence-corrected chi connectivity index (χ1v) is 36.6. The van der Waals surface area contributed by atoms with E-state index in [1.807, 2.05) is 0 Å². The van der Waals surface area contributed by atoms with Crippen molar-refractivity contribution < 1.29 is 28.6 Å². The van der Waals surface area contributed by atoms with Gasteiger partial charge in [0.2, 0.25) is 0 Å². The Bertz CT molecular complexity index is 1410. The fraction of sp³-hybridized carbons (Fsp3) is 0.855. The summed E-state index contributed by atoms with van der Waals surface area (Å²) in [5.74, 6) is -0.858. The first-order valence-electron chi connectivity index (χ1n) is 36.6. The molecule has 0 aliphatic heterocycles. The molecular formula is C76H140O6. The van der Waals surface area contributed by atoms with Crippen molar-refractivity contribution in [1.29, 1.82) is 0 Å². The van der Waals surface area contributed by atoms with E-state index in [0.717, 1.165) is 77.0 Å². The van der Waals surface area contributed by atoms with Crippen LogP contribution in [-0.2, 0) is 28.6 Å². The fourth-order valence-corrected chi connectivity index (χ4v) is 11.0. The summed E-state index contributed by atoms with van der Waals surface area (Å²) in [6, 6.07) is 0. The van der Waals surface area contributed by atoms with Gasteiger partial charge in [-0.15, -0.1) is 0 Å². The van der Waals surface area contributed by atoms with Crippen molar-refractivity contribution in [3.05, 3.63) is 48.6 Å². The summed E-state index contributed by atoms with van der Waals surface area (Å²) in [5, 5.41) is 0. The number of ether oxygens (including phenoxy) is 3. The van der Waals surface area contributed by atoms with Crippen molar-refractivity contribution >= 4 is 17.9 Å². The molecule has 0 aliphatic carbocycles. The van der Waals surface area contributed by atoms with E-state index in [1.165, 1.54) is 283 Å². The number of unbranched alkanes of at least 4 members (excludes halogenated alkanes) is 49. The van der Waals surface area contributed by atoms with Gasteiger partial charge in [0.1, 0.15) is 13.2 Å². The maximum atomic E-state index is 13.0. The van der Waals surface area contributed by atoms with Gasteiger partial charge in [-0.05, 0) is 77.0 Å². The summed E-state index contributed by atoms with van der Waals surface area (Å²) in [6.45, 7) is 6.65. The third-order valence-electron chi connectivity index (χ3n) is 16.6. The molecule has 82 heavy (non-hydrogen) atoms. The quantitative estimate of drug-likeness (QED) is 0.0261. The van der Waals surface area contributed by atoms with E-state index in [1.54, 1.807) is 0 Å². The van der Waals surface area contributed by atoms with Crippen LogP contribution in [0, 0.1) is 0 Å². The van der Waals surface area contributed by atoms with Crippen molar-refractivity contribution in [3.63, 3.8) is 0 Å². The lowest BCUT2D eigenvalue weighted by Gasteiger charge is -2.18. The maximum Gasteiger partial charge on any atom is 0.306 e. The molecule has 480 valence electrons. The molecule has 0 fully saturated rings. The summed E-state index contributed by atoms with van der Waals surface area (Å²) in [5.41, 5.74) is 0. The van der Waals surface area contributed by atoms with Crippen molar-refractivity contribution in [2.45, 2.75) is 406 Å². The number of esters is 3. The van der Waals surface area contributed by atoms with E-state index >= 15 is 0 Å². The van der Waals surface area contributed by atoms with Crippen LogP contribution in [0.25, 0.3) is 0 Å². The SMILES string of the molecule is CCCC/C=C\CCCCCCCC(=O)OCC(COC(=O)CCCCCCCCCCCCCC/C=C\C/C=C\C/C=C\CCCCCCC)OC(=O)CCCCCCCCCCCCCCCCCCCCCCCCCCCC. The van der Waals surface area contributed by atoms with Gasteiger partial charge in [-0.25, -0.2) is 0 Å². The van der Waals surface area contributed by atoms with Gasteiger partial charge in [0.15, 0.2) is 6.10 Å². The van der Waals surface area contributed by atoms with Crippen LogP contribution in [0.3, 0.4) is 0 Å². The molecule has 0 aromatic heterocycles. The molecule has 0 aromatic carbocycles. The number of allylic oxidation sites excluding steroid dienone is 8. The Morgan fingerprint density at radius 2 is 0.451 bits per heavy atom. The Morgan fingerprint density at radius 3 is 0.732 bits per heavy atom. The standard InChI is InChI=1S/C76H140O6/c1-4-7-10-13-16-19-22-24-26-28-30-32-34-36-38-40-41-43-45-47-49-51-54-57-60-63-66-69-75(78)81-72-73(71-80-74(77)68-65-62-59-56-53-21-18-15-12-9-6-3)82-76(79)70-67-64-61-58-55-52-50-48-46-44-42-39-37-35-33-31-29-27-25-23-20-17-14-11-8-5-2/h15,18,22,24,28,30,34,36,73H,4-14,16-17,19-21,23,25-27,29,31-33,35,37-72H2,1-3H3/b18-15-,24-22-,30-28-,36-34-. The van der Waals surface area contributed by atoms with Crippen molar-refractivity contribution in [2.24, 2.45) is 0 Å². The molecule has 1 atom stereocenters. The molecule has 0 bridgehead atoms. The van der Waals surface area contributed by atoms with E-state index in [-0.39, 0.29) is 31.1 Å². The Kier molecular flexibility index (Phi) is 68.6. The predicted octanol–water partition coefficient (Wildman–Crippen LogP) is 25.3. The van der Waals surface area contributed by atoms with Crippen LogP contribution in [0.4, 0.5) is 0 Å². The zero-order valence-corrected chi connectivity index (χ0v) is 55.3. The van der Waals surface area contributed by atoms with Crippen molar-refractivity contribution in [2.75, 3.05) is 13.2 Å². The first kappa shape index (κ1) is 79.4. The van der Waals surface area contributed by atoms with E-state index in [0.29, 0.717) is 19.3 Å². The zero-order chi connectivity index (χ0) is 59.2. The van der Waals surface area contributed by atoms with Crippen LogP contribution in [0.1, 0.15) is 400 Å². The minimum absolute atomic E-state index is 0.0725. The number of carbonyl (C=O) groups excluding carboxylic acids is 3. The van der Waals surface area contributed by atoms with E-state index in [9.17, 15) is 14.4 Å². The molecule has 6 heteroatoms. The molecule has 0 heterocycles. The summed E-state index contributed by atoms with van der Waals surface area (Å²) in [4.78, 5) is 38.4. The Hall–Kier alpha value is -2.63. The first-order chi connectivity index (χ1) is 40.5. The largest absolute Gasteiger partial charge is 0.462 e. The normalized spacial score (nSPS) is 12.3. The van der Waals surface area contributed by atoms with Crippen LogP contribution in [0.2, 0.25) is 0 Å². The molecule has 0 aliphatic rings. The molecule has 0 amide bonds. The highest BCUT2D eigenvalue weighted by atomic mass is 16.6. The molecule has 0 rings (SSSR count). The Morgan fingerprint density at radius 1 is 0.244 bits per heavy atom. The molecule has 0 saturated heterocycles. The van der Waals surface area contributed by atoms with Gasteiger partial charge in [-0.1, -0.05) is 352 Å². The summed E-state index contributed by atoms with van der Waals surface area (Å²) < 4.78 is 17.0. The predicted molar refractivity (Wildman–Crippen MR) is 358 cm³/mol. The molecule has 1 unspecified atom stereocenters. The second-order valence-electron chi connectivity index (χ2n) is 24.9. The smallest absolute Gasteiger partial charge is 0.306 e. The average molecular weight is 1150 g/mol. The second-order valence-corrected chi connectivity index (χ2v) is 24.9. The van der Waals surface area contributed by atoms with Gasteiger partial charge in [-0.3, -0.25) is 14.4 Å². The molecule has 0 spiro atoms. The topological polar surface area (TPSA) is 78.9 Å². The van der Waals surface area contributed by atoms with Crippen LogP contribution < -0.4 is 0 Å². The fourth-order valence-electron chi connectivity index (χ4n) is 11.0. The third kappa shape index (κ3) is 68.2. The minimum Gasteiger partial charge on any atom is -0.462 e.